The molecule has 0 aliphatic rings. The van der Waals surface area contributed by atoms with E-state index >= 15 is 0 Å². The molecule has 4 nitrogen and oxygen atoms in total. The monoisotopic (exact) mass is 408 g/mol. The normalized spacial score (nSPS) is 11.4. The van der Waals surface area contributed by atoms with Gasteiger partial charge < -0.3 is 5.73 Å². The van der Waals surface area contributed by atoms with Gasteiger partial charge in [0.25, 0.3) is 10.0 Å². The summed E-state index contributed by atoms with van der Waals surface area (Å²) in [6.45, 7) is 1.79. The Morgan fingerprint density at radius 1 is 1.43 bits per heavy atom. The molecule has 1 heterocycles. The molecule has 0 radical (unpaired) electrons. The molecule has 1 aromatic heterocycles. The number of anilines is 1. The highest BCUT2D eigenvalue weighted by Crippen LogP contribution is 2.31. The largest absolute Gasteiger partial charge is 0.389 e. The fraction of sp³-hybridized carbons (Fsp3) is 0.0833. The van der Waals surface area contributed by atoms with E-state index in [-0.39, 0.29) is 20.4 Å². The number of thiophene rings is 1. The minimum atomic E-state index is -3.74. The van der Waals surface area contributed by atoms with Crippen LogP contribution >= 0.6 is 39.5 Å². The van der Waals surface area contributed by atoms with Crippen LogP contribution in [-0.2, 0) is 10.0 Å². The standard InChI is InChI=1S/C12H10BrFN2O2S3/c1-6-4-10(20-11(6)13)21(17,18)16-7-2-3-9(14)8(5-7)12(15)19/h2-5,16H,1H3,(H2,15,19). The van der Waals surface area contributed by atoms with Crippen LogP contribution < -0.4 is 10.5 Å². The molecule has 2 aromatic rings. The van der Waals surface area contributed by atoms with E-state index in [0.29, 0.717) is 0 Å². The molecular weight excluding hydrogens is 399 g/mol. The predicted octanol–water partition coefficient (Wildman–Crippen LogP) is 3.39. The first kappa shape index (κ1) is 16.3. The highest BCUT2D eigenvalue weighted by Gasteiger charge is 2.19. The number of sulfonamides is 1. The molecule has 0 spiro atoms. The summed E-state index contributed by atoms with van der Waals surface area (Å²) < 4.78 is 41.3. The van der Waals surface area contributed by atoms with Crippen LogP contribution in [0.3, 0.4) is 0 Å². The zero-order chi connectivity index (χ0) is 15.8. The number of hydrogen-bond acceptors (Lipinski definition) is 4. The summed E-state index contributed by atoms with van der Waals surface area (Å²) in [5.41, 5.74) is 6.40. The van der Waals surface area contributed by atoms with E-state index in [4.69, 9.17) is 18.0 Å². The number of hydrogen-bond donors (Lipinski definition) is 2. The number of rotatable bonds is 4. The molecule has 3 N–H and O–H groups in total. The molecule has 0 saturated heterocycles. The van der Waals surface area contributed by atoms with Gasteiger partial charge in [-0.1, -0.05) is 12.2 Å². The van der Waals surface area contributed by atoms with Gasteiger partial charge in [-0.3, -0.25) is 4.72 Å². The van der Waals surface area contributed by atoms with E-state index in [0.717, 1.165) is 26.8 Å². The molecule has 0 saturated carbocycles. The third kappa shape index (κ3) is 3.60. The van der Waals surface area contributed by atoms with Crippen molar-refractivity contribution in [3.63, 3.8) is 0 Å². The van der Waals surface area contributed by atoms with Gasteiger partial charge in [0.2, 0.25) is 0 Å². The number of thiocarbonyl (C=S) groups is 1. The maximum Gasteiger partial charge on any atom is 0.271 e. The van der Waals surface area contributed by atoms with Crippen LogP contribution in [0.5, 0.6) is 0 Å². The van der Waals surface area contributed by atoms with Crippen LogP contribution in [0.2, 0.25) is 0 Å². The van der Waals surface area contributed by atoms with Crippen molar-refractivity contribution in [2.75, 3.05) is 4.72 Å². The summed E-state index contributed by atoms with van der Waals surface area (Å²) in [5, 5.41) is 0. The molecule has 0 unspecified atom stereocenters. The average Bonchev–Trinajstić information content (AvgIpc) is 2.72. The quantitative estimate of drug-likeness (QED) is 0.760. The van der Waals surface area contributed by atoms with Crippen molar-refractivity contribution >= 4 is 60.2 Å². The maximum absolute atomic E-state index is 13.5. The van der Waals surface area contributed by atoms with E-state index in [1.165, 1.54) is 12.1 Å². The lowest BCUT2D eigenvalue weighted by atomic mass is 10.2. The van der Waals surface area contributed by atoms with Gasteiger partial charge in [0.05, 0.1) is 3.79 Å². The van der Waals surface area contributed by atoms with Crippen LogP contribution in [0.4, 0.5) is 10.1 Å². The average molecular weight is 409 g/mol. The SMILES string of the molecule is Cc1cc(S(=O)(=O)Nc2ccc(F)c(C(N)=S)c2)sc1Br. The van der Waals surface area contributed by atoms with Gasteiger partial charge >= 0.3 is 0 Å². The Morgan fingerprint density at radius 2 is 2.10 bits per heavy atom. The van der Waals surface area contributed by atoms with Crippen molar-refractivity contribution in [1.29, 1.82) is 0 Å². The highest BCUT2D eigenvalue weighted by atomic mass is 79.9. The predicted molar refractivity (Wildman–Crippen MR) is 89.9 cm³/mol. The Labute approximate surface area is 139 Å². The first-order chi connectivity index (χ1) is 9.70. The Bertz CT molecular complexity index is 798. The fourth-order valence-electron chi connectivity index (χ4n) is 1.55. The van der Waals surface area contributed by atoms with Crippen LogP contribution in [-0.4, -0.2) is 13.4 Å². The lowest BCUT2D eigenvalue weighted by molar-refractivity contribution is 0.603. The number of aryl methyl sites for hydroxylation is 1. The maximum atomic E-state index is 13.5. The Kier molecular flexibility index (Phi) is 4.66. The van der Waals surface area contributed by atoms with Crippen molar-refractivity contribution in [3.05, 3.63) is 45.0 Å². The molecular formula is C12H10BrFN2O2S3. The molecule has 0 fully saturated rings. The first-order valence-corrected chi connectivity index (χ1v) is 9.09. The number of halogens is 2. The topological polar surface area (TPSA) is 72.2 Å². The molecule has 21 heavy (non-hydrogen) atoms. The molecule has 2 rings (SSSR count). The molecule has 0 bridgehead atoms. The minimum Gasteiger partial charge on any atom is -0.389 e. The van der Waals surface area contributed by atoms with Gasteiger partial charge in [-0.2, -0.15) is 0 Å². The van der Waals surface area contributed by atoms with Crippen LogP contribution in [0.15, 0.2) is 32.3 Å². The summed E-state index contributed by atoms with van der Waals surface area (Å²) in [6, 6.07) is 5.24. The molecule has 112 valence electrons. The molecule has 0 amide bonds. The Morgan fingerprint density at radius 3 is 2.62 bits per heavy atom. The number of nitrogens with one attached hydrogen (secondary N) is 1. The second-order valence-electron chi connectivity index (χ2n) is 4.19. The number of benzene rings is 1. The summed E-state index contributed by atoms with van der Waals surface area (Å²) in [4.78, 5) is -0.136. The Hall–Kier alpha value is -1.03. The van der Waals surface area contributed by atoms with Crippen molar-refractivity contribution < 1.29 is 12.8 Å². The molecule has 0 aliphatic carbocycles. The van der Waals surface area contributed by atoms with Crippen LogP contribution in [0.1, 0.15) is 11.1 Å². The third-order valence-corrected chi connectivity index (χ3v) is 6.79. The summed E-state index contributed by atoms with van der Waals surface area (Å²) >= 11 is 9.09. The van der Waals surface area contributed by atoms with Crippen molar-refractivity contribution in [1.82, 2.24) is 0 Å². The summed E-state index contributed by atoms with van der Waals surface area (Å²) in [7, 11) is -3.74. The van der Waals surface area contributed by atoms with E-state index in [9.17, 15) is 12.8 Å². The molecule has 0 atom stereocenters. The van der Waals surface area contributed by atoms with Gasteiger partial charge in [0, 0.05) is 11.3 Å². The zero-order valence-corrected chi connectivity index (χ0v) is 14.7. The van der Waals surface area contributed by atoms with E-state index < -0.39 is 15.8 Å². The van der Waals surface area contributed by atoms with Gasteiger partial charge in [-0.15, -0.1) is 11.3 Å². The zero-order valence-electron chi connectivity index (χ0n) is 10.7. The summed E-state index contributed by atoms with van der Waals surface area (Å²) in [5.74, 6) is -0.597. The van der Waals surface area contributed by atoms with Gasteiger partial charge in [-0.05, 0) is 52.7 Å². The molecule has 9 heteroatoms. The van der Waals surface area contributed by atoms with E-state index in [1.807, 2.05) is 0 Å². The lowest BCUT2D eigenvalue weighted by Crippen LogP contribution is -2.15. The molecule has 0 aliphatic heterocycles. The van der Waals surface area contributed by atoms with Gasteiger partial charge in [0.1, 0.15) is 15.0 Å². The van der Waals surface area contributed by atoms with E-state index in [2.05, 4.69) is 20.7 Å². The lowest BCUT2D eigenvalue weighted by Gasteiger charge is -2.08. The molecule has 1 aromatic carbocycles. The van der Waals surface area contributed by atoms with Crippen molar-refractivity contribution in [2.24, 2.45) is 5.73 Å². The second-order valence-corrected chi connectivity index (χ2v) is 8.91. The van der Waals surface area contributed by atoms with E-state index in [1.54, 1.807) is 13.0 Å². The second kappa shape index (κ2) is 5.99. The first-order valence-electron chi connectivity index (χ1n) is 5.59. The van der Waals surface area contributed by atoms with Crippen molar-refractivity contribution in [2.45, 2.75) is 11.1 Å². The van der Waals surface area contributed by atoms with Crippen molar-refractivity contribution in [3.8, 4) is 0 Å². The smallest absolute Gasteiger partial charge is 0.271 e. The summed E-state index contributed by atoms with van der Waals surface area (Å²) in [6.07, 6.45) is 0. The van der Waals surface area contributed by atoms with Gasteiger partial charge in [-0.25, -0.2) is 12.8 Å². The fourth-order valence-corrected chi connectivity index (χ4v) is 4.98. The third-order valence-electron chi connectivity index (χ3n) is 2.58. The number of nitrogens with two attached hydrogens (primary N) is 1. The van der Waals surface area contributed by atoms with Crippen LogP contribution in [0, 0.1) is 12.7 Å². The highest BCUT2D eigenvalue weighted by molar-refractivity contribution is 9.11. The minimum absolute atomic E-state index is 0.00580. The Balaban J connectivity index is 2.37. The van der Waals surface area contributed by atoms with Gasteiger partial charge in [0.15, 0.2) is 0 Å². The van der Waals surface area contributed by atoms with Crippen LogP contribution in [0.25, 0.3) is 0 Å².